The van der Waals surface area contributed by atoms with Crippen LogP contribution in [0, 0.1) is 5.82 Å². The Labute approximate surface area is 145 Å². The molecule has 0 saturated carbocycles. The zero-order valence-corrected chi connectivity index (χ0v) is 13.9. The molecule has 3 N–H and O–H groups in total. The molecule has 0 spiro atoms. The molecule has 1 heterocycles. The van der Waals surface area contributed by atoms with Crippen LogP contribution in [-0.2, 0) is 6.61 Å². The molecule has 24 heavy (non-hydrogen) atoms. The zero-order valence-electron chi connectivity index (χ0n) is 12.3. The molecule has 0 unspecified atom stereocenters. The Morgan fingerprint density at radius 1 is 1.21 bits per heavy atom. The van der Waals surface area contributed by atoms with Gasteiger partial charge >= 0.3 is 0 Å². The largest absolute Gasteiger partial charge is 0.488 e. The van der Waals surface area contributed by atoms with Gasteiger partial charge in [0.2, 0.25) is 0 Å². The molecular formula is C16H12BrFN4O2. The number of aromatic nitrogens is 3. The van der Waals surface area contributed by atoms with E-state index in [-0.39, 0.29) is 18.1 Å². The Bertz CT molecular complexity index is 880. The number of H-pyrrole nitrogens is 1. The number of carbonyl (C=O) groups is 1. The Kier molecular flexibility index (Phi) is 4.57. The van der Waals surface area contributed by atoms with E-state index < -0.39 is 5.91 Å². The lowest BCUT2D eigenvalue weighted by Crippen LogP contribution is -2.13. The number of nitrogens with one attached hydrogen (secondary N) is 1. The summed E-state index contributed by atoms with van der Waals surface area (Å²) in [5, 5.41) is 10.1. The van der Waals surface area contributed by atoms with Crippen LogP contribution in [0.2, 0.25) is 0 Å². The number of halogens is 2. The van der Waals surface area contributed by atoms with Crippen molar-refractivity contribution in [2.75, 3.05) is 0 Å². The quantitative estimate of drug-likeness (QED) is 0.699. The number of nitrogens with two attached hydrogens (primary N) is 1. The number of amides is 1. The summed E-state index contributed by atoms with van der Waals surface area (Å²) in [5.74, 6) is -0.501. The Morgan fingerprint density at radius 3 is 2.67 bits per heavy atom. The van der Waals surface area contributed by atoms with Gasteiger partial charge in [0.1, 0.15) is 23.9 Å². The first kappa shape index (κ1) is 16.1. The van der Waals surface area contributed by atoms with Crippen molar-refractivity contribution in [3.05, 3.63) is 64.0 Å². The van der Waals surface area contributed by atoms with Gasteiger partial charge in [-0.05, 0) is 35.9 Å². The van der Waals surface area contributed by atoms with Gasteiger partial charge in [-0.3, -0.25) is 4.79 Å². The molecule has 1 aromatic heterocycles. The zero-order chi connectivity index (χ0) is 17.1. The monoisotopic (exact) mass is 390 g/mol. The number of aromatic amines is 1. The first-order chi connectivity index (χ1) is 11.5. The number of primary amides is 1. The molecule has 1 amide bonds. The standard InChI is InChI=1S/C16H12BrFN4O2/c17-10-3-6-13(24-8-9-1-4-11(18)5-2-9)12(7-10)14-15(16(19)23)21-22-20-14/h1-7H,8H2,(H2,19,23)(H,20,21,22). The average molecular weight is 391 g/mol. The summed E-state index contributed by atoms with van der Waals surface area (Å²) in [4.78, 5) is 11.5. The number of carbonyl (C=O) groups excluding carboxylic acids is 1. The SMILES string of the molecule is NC(=O)c1n[nH]nc1-c1cc(Br)ccc1OCc1ccc(F)cc1. The molecule has 0 radical (unpaired) electrons. The predicted molar refractivity (Wildman–Crippen MR) is 88.8 cm³/mol. The van der Waals surface area contributed by atoms with Gasteiger partial charge in [-0.2, -0.15) is 15.4 Å². The maximum atomic E-state index is 13.0. The van der Waals surface area contributed by atoms with E-state index in [1.807, 2.05) is 0 Å². The fourth-order valence-corrected chi connectivity index (χ4v) is 2.51. The predicted octanol–water partition coefficient (Wildman–Crippen LogP) is 3.05. The number of rotatable bonds is 5. The minimum Gasteiger partial charge on any atom is -0.488 e. The van der Waals surface area contributed by atoms with Crippen molar-refractivity contribution in [3.63, 3.8) is 0 Å². The third-order valence-electron chi connectivity index (χ3n) is 3.29. The van der Waals surface area contributed by atoms with E-state index in [4.69, 9.17) is 10.5 Å². The Hall–Kier alpha value is -2.74. The number of nitrogens with zero attached hydrogens (tertiary/aromatic N) is 2. The van der Waals surface area contributed by atoms with E-state index in [1.165, 1.54) is 12.1 Å². The third kappa shape index (κ3) is 3.43. The van der Waals surface area contributed by atoms with Gasteiger partial charge in [0.25, 0.3) is 5.91 Å². The smallest absolute Gasteiger partial charge is 0.271 e. The van der Waals surface area contributed by atoms with Gasteiger partial charge in [0.15, 0.2) is 5.69 Å². The topological polar surface area (TPSA) is 93.9 Å². The second kappa shape index (κ2) is 6.79. The van der Waals surface area contributed by atoms with Crippen molar-refractivity contribution in [1.29, 1.82) is 0 Å². The van der Waals surface area contributed by atoms with Crippen molar-refractivity contribution in [2.24, 2.45) is 5.73 Å². The van der Waals surface area contributed by atoms with Crippen LogP contribution in [0.4, 0.5) is 4.39 Å². The fourth-order valence-electron chi connectivity index (χ4n) is 2.15. The molecule has 0 saturated heterocycles. The lowest BCUT2D eigenvalue weighted by molar-refractivity contribution is 0.0996. The van der Waals surface area contributed by atoms with E-state index in [9.17, 15) is 9.18 Å². The highest BCUT2D eigenvalue weighted by molar-refractivity contribution is 9.10. The van der Waals surface area contributed by atoms with Crippen LogP contribution in [0.1, 0.15) is 16.1 Å². The highest BCUT2D eigenvalue weighted by atomic mass is 79.9. The summed E-state index contributed by atoms with van der Waals surface area (Å²) < 4.78 is 19.5. The molecular weight excluding hydrogens is 379 g/mol. The lowest BCUT2D eigenvalue weighted by Gasteiger charge is -2.11. The Morgan fingerprint density at radius 2 is 1.96 bits per heavy atom. The minimum atomic E-state index is -0.691. The molecule has 122 valence electrons. The molecule has 3 aromatic rings. The highest BCUT2D eigenvalue weighted by Gasteiger charge is 2.19. The van der Waals surface area contributed by atoms with Crippen molar-refractivity contribution >= 4 is 21.8 Å². The van der Waals surface area contributed by atoms with Gasteiger partial charge < -0.3 is 10.5 Å². The maximum Gasteiger partial charge on any atom is 0.271 e. The number of hydrogen-bond donors (Lipinski definition) is 2. The van der Waals surface area contributed by atoms with Crippen molar-refractivity contribution in [2.45, 2.75) is 6.61 Å². The second-order valence-corrected chi connectivity index (χ2v) is 5.86. The summed E-state index contributed by atoms with van der Waals surface area (Å²) in [6.07, 6.45) is 0. The molecule has 0 bridgehead atoms. The molecule has 6 nitrogen and oxygen atoms in total. The second-order valence-electron chi connectivity index (χ2n) is 4.94. The highest BCUT2D eigenvalue weighted by Crippen LogP contribution is 2.33. The van der Waals surface area contributed by atoms with Crippen molar-refractivity contribution in [1.82, 2.24) is 15.4 Å². The lowest BCUT2D eigenvalue weighted by atomic mass is 10.1. The van der Waals surface area contributed by atoms with Gasteiger partial charge in [0, 0.05) is 10.0 Å². The molecule has 0 aliphatic carbocycles. The van der Waals surface area contributed by atoms with Crippen LogP contribution in [0.15, 0.2) is 46.9 Å². The van der Waals surface area contributed by atoms with Crippen molar-refractivity contribution < 1.29 is 13.9 Å². The normalized spacial score (nSPS) is 10.6. The van der Waals surface area contributed by atoms with E-state index in [1.54, 1.807) is 30.3 Å². The maximum absolute atomic E-state index is 13.0. The summed E-state index contributed by atoms with van der Waals surface area (Å²) >= 11 is 3.38. The number of benzene rings is 2. The minimum absolute atomic E-state index is 0.0275. The first-order valence-electron chi connectivity index (χ1n) is 6.92. The summed E-state index contributed by atoms with van der Waals surface area (Å²) in [6.45, 7) is 0.235. The molecule has 8 heteroatoms. The molecule has 0 fully saturated rings. The van der Waals surface area contributed by atoms with Crippen LogP contribution < -0.4 is 10.5 Å². The van der Waals surface area contributed by atoms with E-state index >= 15 is 0 Å². The van der Waals surface area contributed by atoms with E-state index in [0.717, 1.165) is 10.0 Å². The Balaban J connectivity index is 1.92. The molecule has 2 aromatic carbocycles. The van der Waals surface area contributed by atoms with E-state index in [2.05, 4.69) is 31.3 Å². The summed E-state index contributed by atoms with van der Waals surface area (Å²) in [5.41, 5.74) is 7.02. The third-order valence-corrected chi connectivity index (χ3v) is 3.78. The number of hydrogen-bond acceptors (Lipinski definition) is 4. The van der Waals surface area contributed by atoms with Gasteiger partial charge in [-0.1, -0.05) is 28.1 Å². The van der Waals surface area contributed by atoms with Crippen LogP contribution >= 0.6 is 15.9 Å². The van der Waals surface area contributed by atoms with Crippen LogP contribution in [-0.4, -0.2) is 21.3 Å². The number of ether oxygens (including phenoxy) is 1. The van der Waals surface area contributed by atoms with Gasteiger partial charge in [-0.25, -0.2) is 4.39 Å². The summed E-state index contributed by atoms with van der Waals surface area (Å²) in [6, 6.07) is 11.3. The van der Waals surface area contributed by atoms with Crippen LogP contribution in [0.25, 0.3) is 11.3 Å². The van der Waals surface area contributed by atoms with Crippen LogP contribution in [0.3, 0.4) is 0 Å². The van der Waals surface area contributed by atoms with Gasteiger partial charge in [-0.15, -0.1) is 0 Å². The molecule has 0 aliphatic rings. The first-order valence-corrected chi connectivity index (χ1v) is 7.71. The molecule has 0 aliphatic heterocycles. The van der Waals surface area contributed by atoms with Crippen molar-refractivity contribution in [3.8, 4) is 17.0 Å². The van der Waals surface area contributed by atoms with Gasteiger partial charge in [0.05, 0.1) is 0 Å². The molecule has 0 atom stereocenters. The summed E-state index contributed by atoms with van der Waals surface area (Å²) in [7, 11) is 0. The fraction of sp³-hybridized carbons (Fsp3) is 0.0625. The molecule has 3 rings (SSSR count). The van der Waals surface area contributed by atoms with E-state index in [0.29, 0.717) is 17.0 Å². The average Bonchev–Trinajstić information content (AvgIpc) is 3.05. The van der Waals surface area contributed by atoms with Crippen LogP contribution in [0.5, 0.6) is 5.75 Å².